The molecule has 2 aromatic heterocycles. The van der Waals surface area contributed by atoms with Gasteiger partial charge in [0.2, 0.25) is 5.91 Å². The Bertz CT molecular complexity index is 1180. The lowest BCUT2D eigenvalue weighted by atomic mass is 10.1. The molecule has 2 heterocycles. The second kappa shape index (κ2) is 7.20. The lowest BCUT2D eigenvalue weighted by molar-refractivity contribution is -0.385. The van der Waals surface area contributed by atoms with E-state index in [1.165, 1.54) is 29.5 Å². The third-order valence-electron chi connectivity index (χ3n) is 4.18. The number of rotatable bonds is 5. The average molecular weight is 396 g/mol. The molecule has 0 unspecified atom stereocenters. The fraction of sp³-hybridized carbons (Fsp3) is 0.0526. The standard InChI is InChI=1S/C19H13FN4O3S/c20-14-7-5-12(6-8-14)17-18(23-9-10-28-19(23)22-17)21-16(25)11-13-3-1-2-4-15(13)24(26)27/h1-10H,11H2,(H,21,25). The fourth-order valence-electron chi connectivity index (χ4n) is 2.90. The molecule has 4 rings (SSSR count). The van der Waals surface area contributed by atoms with Crippen LogP contribution in [0.4, 0.5) is 15.9 Å². The van der Waals surface area contributed by atoms with Gasteiger partial charge in [0.25, 0.3) is 5.69 Å². The number of hydrogen-bond donors (Lipinski definition) is 1. The topological polar surface area (TPSA) is 89.5 Å². The highest BCUT2D eigenvalue weighted by Crippen LogP contribution is 2.31. The largest absolute Gasteiger partial charge is 0.310 e. The number of anilines is 1. The molecule has 0 saturated carbocycles. The van der Waals surface area contributed by atoms with Gasteiger partial charge in [0.05, 0.1) is 11.3 Å². The zero-order valence-corrected chi connectivity index (χ0v) is 15.1. The second-order valence-electron chi connectivity index (χ2n) is 5.98. The third kappa shape index (κ3) is 3.35. The molecule has 0 spiro atoms. The molecular weight excluding hydrogens is 383 g/mol. The number of thiazole rings is 1. The second-order valence-corrected chi connectivity index (χ2v) is 6.86. The Morgan fingerprint density at radius 3 is 2.71 bits per heavy atom. The van der Waals surface area contributed by atoms with Crippen molar-refractivity contribution in [1.29, 1.82) is 0 Å². The van der Waals surface area contributed by atoms with E-state index in [4.69, 9.17) is 0 Å². The Kier molecular flexibility index (Phi) is 4.58. The van der Waals surface area contributed by atoms with Gasteiger partial charge in [-0.15, -0.1) is 11.3 Å². The maximum Gasteiger partial charge on any atom is 0.273 e. The van der Waals surface area contributed by atoms with E-state index in [1.807, 2.05) is 5.38 Å². The maximum atomic E-state index is 13.3. The molecule has 0 bridgehead atoms. The molecule has 7 nitrogen and oxygen atoms in total. The number of carbonyl (C=O) groups is 1. The molecule has 0 fully saturated rings. The molecule has 0 aliphatic carbocycles. The number of carbonyl (C=O) groups excluding carboxylic acids is 1. The monoisotopic (exact) mass is 396 g/mol. The van der Waals surface area contributed by atoms with Gasteiger partial charge in [0.15, 0.2) is 4.96 Å². The van der Waals surface area contributed by atoms with Crippen molar-refractivity contribution in [2.75, 3.05) is 5.32 Å². The van der Waals surface area contributed by atoms with Crippen LogP contribution in [-0.4, -0.2) is 20.2 Å². The van der Waals surface area contributed by atoms with Crippen LogP contribution in [0.1, 0.15) is 5.56 Å². The van der Waals surface area contributed by atoms with Crippen LogP contribution >= 0.6 is 11.3 Å². The van der Waals surface area contributed by atoms with Crippen molar-refractivity contribution in [2.45, 2.75) is 6.42 Å². The van der Waals surface area contributed by atoms with Crippen LogP contribution in [0.25, 0.3) is 16.2 Å². The van der Waals surface area contributed by atoms with E-state index in [0.717, 1.165) is 0 Å². The third-order valence-corrected chi connectivity index (χ3v) is 4.93. The fourth-order valence-corrected chi connectivity index (χ4v) is 3.62. The summed E-state index contributed by atoms with van der Waals surface area (Å²) in [5.41, 5.74) is 1.37. The molecule has 4 aromatic rings. The summed E-state index contributed by atoms with van der Waals surface area (Å²) in [5, 5.41) is 15.8. The quantitative estimate of drug-likeness (QED) is 0.402. The van der Waals surface area contributed by atoms with Gasteiger partial charge in [-0.1, -0.05) is 18.2 Å². The van der Waals surface area contributed by atoms with Crippen LogP contribution in [-0.2, 0) is 11.2 Å². The van der Waals surface area contributed by atoms with Crippen molar-refractivity contribution in [2.24, 2.45) is 0 Å². The molecular formula is C19H13FN4O3S. The predicted octanol–water partition coefficient (Wildman–Crippen LogP) is 4.29. The van der Waals surface area contributed by atoms with E-state index in [2.05, 4.69) is 10.3 Å². The molecule has 9 heteroatoms. The van der Waals surface area contributed by atoms with Crippen molar-refractivity contribution in [3.63, 3.8) is 0 Å². The van der Waals surface area contributed by atoms with Gasteiger partial charge >= 0.3 is 0 Å². The van der Waals surface area contributed by atoms with Crippen molar-refractivity contribution in [3.8, 4) is 11.3 Å². The zero-order chi connectivity index (χ0) is 19.7. The number of para-hydroxylation sites is 1. The van der Waals surface area contributed by atoms with E-state index >= 15 is 0 Å². The number of nitrogens with zero attached hydrogens (tertiary/aromatic N) is 3. The SMILES string of the molecule is O=C(Cc1ccccc1[N+](=O)[O-])Nc1c(-c2ccc(F)cc2)nc2sccn12. The Morgan fingerprint density at radius 2 is 1.96 bits per heavy atom. The van der Waals surface area contributed by atoms with E-state index in [9.17, 15) is 19.3 Å². The first-order valence-electron chi connectivity index (χ1n) is 8.26. The maximum absolute atomic E-state index is 13.3. The molecule has 2 aromatic carbocycles. The predicted molar refractivity (Wildman–Crippen MR) is 104 cm³/mol. The number of fused-ring (bicyclic) bond motifs is 1. The molecule has 0 aliphatic heterocycles. The Morgan fingerprint density at radius 1 is 1.21 bits per heavy atom. The minimum absolute atomic E-state index is 0.106. The molecule has 140 valence electrons. The normalized spacial score (nSPS) is 10.9. The van der Waals surface area contributed by atoms with E-state index < -0.39 is 10.8 Å². The molecule has 0 saturated heterocycles. The Hall–Kier alpha value is -3.59. The minimum atomic E-state index is -0.511. The number of nitro benzene ring substituents is 1. The first kappa shape index (κ1) is 17.8. The van der Waals surface area contributed by atoms with Gasteiger partial charge in [-0.25, -0.2) is 9.37 Å². The molecule has 1 amide bonds. The first-order chi connectivity index (χ1) is 13.5. The number of nitro groups is 1. The summed E-state index contributed by atoms with van der Waals surface area (Å²) < 4.78 is 15.0. The summed E-state index contributed by atoms with van der Waals surface area (Å²) in [7, 11) is 0. The van der Waals surface area contributed by atoms with Gasteiger partial charge in [-0.3, -0.25) is 19.3 Å². The number of imidazole rings is 1. The molecule has 0 radical (unpaired) electrons. The zero-order valence-electron chi connectivity index (χ0n) is 14.3. The molecule has 0 aliphatic rings. The summed E-state index contributed by atoms with van der Waals surface area (Å²) in [6, 6.07) is 11.9. The van der Waals surface area contributed by atoms with E-state index in [1.54, 1.807) is 40.9 Å². The number of amides is 1. The first-order valence-corrected chi connectivity index (χ1v) is 9.14. The number of nitrogens with one attached hydrogen (secondary N) is 1. The smallest absolute Gasteiger partial charge is 0.273 e. The van der Waals surface area contributed by atoms with Crippen LogP contribution in [0.2, 0.25) is 0 Å². The highest BCUT2D eigenvalue weighted by atomic mass is 32.1. The van der Waals surface area contributed by atoms with Crippen molar-refractivity contribution in [1.82, 2.24) is 9.38 Å². The van der Waals surface area contributed by atoms with Gasteiger partial charge < -0.3 is 5.32 Å². The highest BCUT2D eigenvalue weighted by molar-refractivity contribution is 7.15. The van der Waals surface area contributed by atoms with Crippen molar-refractivity contribution in [3.05, 3.63) is 81.6 Å². The number of aromatic nitrogens is 2. The summed E-state index contributed by atoms with van der Waals surface area (Å²) in [6.45, 7) is 0. The molecule has 1 N–H and O–H groups in total. The van der Waals surface area contributed by atoms with Crippen LogP contribution in [0.3, 0.4) is 0 Å². The van der Waals surface area contributed by atoms with E-state index in [-0.39, 0.29) is 17.9 Å². The number of hydrogen-bond acceptors (Lipinski definition) is 5. The van der Waals surface area contributed by atoms with Gasteiger partial charge in [-0.2, -0.15) is 0 Å². The molecule has 28 heavy (non-hydrogen) atoms. The lowest BCUT2D eigenvalue weighted by Gasteiger charge is -2.08. The Balaban J connectivity index is 1.67. The van der Waals surface area contributed by atoms with Crippen molar-refractivity contribution >= 4 is 33.7 Å². The average Bonchev–Trinajstić information content (AvgIpc) is 3.25. The highest BCUT2D eigenvalue weighted by Gasteiger charge is 2.20. The number of benzene rings is 2. The van der Waals surface area contributed by atoms with Gasteiger partial charge in [-0.05, 0) is 24.3 Å². The van der Waals surface area contributed by atoms with E-state index in [0.29, 0.717) is 27.6 Å². The van der Waals surface area contributed by atoms with Crippen LogP contribution in [0.5, 0.6) is 0 Å². The summed E-state index contributed by atoms with van der Waals surface area (Å²) in [4.78, 5) is 28.5. The number of halogens is 1. The van der Waals surface area contributed by atoms with Crippen LogP contribution < -0.4 is 5.32 Å². The minimum Gasteiger partial charge on any atom is -0.310 e. The summed E-state index contributed by atoms with van der Waals surface area (Å²) in [6.07, 6.45) is 1.61. The summed E-state index contributed by atoms with van der Waals surface area (Å²) in [5.74, 6) is -0.344. The van der Waals surface area contributed by atoms with Crippen LogP contribution in [0, 0.1) is 15.9 Å². The summed E-state index contributed by atoms with van der Waals surface area (Å²) >= 11 is 1.39. The van der Waals surface area contributed by atoms with Crippen LogP contribution in [0.15, 0.2) is 60.1 Å². The molecule has 0 atom stereocenters. The lowest BCUT2D eigenvalue weighted by Crippen LogP contribution is -2.16. The van der Waals surface area contributed by atoms with Crippen molar-refractivity contribution < 1.29 is 14.1 Å². The van der Waals surface area contributed by atoms with Gasteiger partial charge in [0.1, 0.15) is 17.3 Å². The Labute approximate surface area is 162 Å². The van der Waals surface area contributed by atoms with Gasteiger partial charge in [0, 0.05) is 28.8 Å².